The van der Waals surface area contributed by atoms with E-state index in [0.29, 0.717) is 16.3 Å². The number of para-hydroxylation sites is 1. The molecule has 1 N–H and O–H groups in total. The Bertz CT molecular complexity index is 1540. The first-order valence-electron chi connectivity index (χ1n) is 12.7. The summed E-state index contributed by atoms with van der Waals surface area (Å²) < 4.78 is 41.9. The molecule has 210 valence electrons. The van der Waals surface area contributed by atoms with Crippen molar-refractivity contribution in [3.8, 4) is 5.69 Å². The first kappa shape index (κ1) is 30.0. The van der Waals surface area contributed by atoms with Crippen LogP contribution >= 0.6 is 31.0 Å². The SMILES string of the molecule is CC(C)OP(=O)(OC(C)C)C(Nc1ccc(Sc2cnn(-c3ccccc3)c(=O)c2Cl)cc1)c1ccccc1F. The molecule has 0 bridgehead atoms. The highest BCUT2D eigenvalue weighted by Crippen LogP contribution is 2.62. The Labute approximate surface area is 242 Å². The van der Waals surface area contributed by atoms with Gasteiger partial charge in [-0.1, -0.05) is 59.8 Å². The predicted molar refractivity (Wildman–Crippen MR) is 158 cm³/mol. The molecule has 0 amide bonds. The second-order valence-electron chi connectivity index (χ2n) is 9.42. The standard InChI is InChI=1S/C29H30ClFN3O4PS/c1-19(2)37-39(36,38-20(3)4)28(24-12-8-9-13-25(24)31)33-21-14-16-23(17-15-21)40-26-18-32-34(29(35)27(26)30)22-10-6-5-7-11-22/h5-20,28,33H,1-4H3. The minimum Gasteiger partial charge on any atom is -0.368 e. The lowest BCUT2D eigenvalue weighted by molar-refractivity contribution is 0.137. The largest absolute Gasteiger partial charge is 0.368 e. The first-order chi connectivity index (χ1) is 19.1. The van der Waals surface area contributed by atoms with Crippen molar-refractivity contribution < 1.29 is 18.0 Å². The van der Waals surface area contributed by atoms with Crippen molar-refractivity contribution in [3.63, 3.8) is 0 Å². The van der Waals surface area contributed by atoms with Gasteiger partial charge in [0.15, 0.2) is 5.78 Å². The molecular formula is C29H30ClFN3O4PS. The van der Waals surface area contributed by atoms with Crippen molar-refractivity contribution in [1.82, 2.24) is 9.78 Å². The van der Waals surface area contributed by atoms with Crippen LogP contribution in [0, 0.1) is 5.82 Å². The fourth-order valence-corrected chi connectivity index (χ4v) is 7.28. The first-order valence-corrected chi connectivity index (χ1v) is 15.5. The van der Waals surface area contributed by atoms with Crippen molar-refractivity contribution in [2.24, 2.45) is 0 Å². The molecule has 0 aliphatic rings. The zero-order valence-electron chi connectivity index (χ0n) is 22.5. The quantitative estimate of drug-likeness (QED) is 0.173. The van der Waals surface area contributed by atoms with Crippen LogP contribution in [-0.2, 0) is 13.6 Å². The van der Waals surface area contributed by atoms with Crippen molar-refractivity contribution in [2.45, 2.75) is 55.5 Å². The number of hydrogen-bond acceptors (Lipinski definition) is 7. The molecule has 0 fully saturated rings. The van der Waals surface area contributed by atoms with E-state index in [1.54, 1.807) is 76.4 Å². The van der Waals surface area contributed by atoms with Gasteiger partial charge in [-0.3, -0.25) is 9.36 Å². The summed E-state index contributed by atoms with van der Waals surface area (Å²) in [4.78, 5) is 14.1. The van der Waals surface area contributed by atoms with Crippen LogP contribution in [-0.4, -0.2) is 22.0 Å². The predicted octanol–water partition coefficient (Wildman–Crippen LogP) is 8.33. The second-order valence-corrected chi connectivity index (χ2v) is 12.9. The maximum atomic E-state index is 14.9. The van der Waals surface area contributed by atoms with Crippen LogP contribution in [0.25, 0.3) is 5.69 Å². The zero-order chi connectivity index (χ0) is 28.9. The van der Waals surface area contributed by atoms with Gasteiger partial charge in [-0.2, -0.15) is 9.78 Å². The maximum absolute atomic E-state index is 14.9. The van der Waals surface area contributed by atoms with E-state index in [1.807, 2.05) is 30.3 Å². The molecule has 0 aliphatic heterocycles. The lowest BCUT2D eigenvalue weighted by Crippen LogP contribution is -2.21. The molecular weight excluding hydrogens is 572 g/mol. The third-order valence-corrected chi connectivity index (χ3v) is 9.49. The van der Waals surface area contributed by atoms with E-state index in [0.717, 1.165) is 4.90 Å². The summed E-state index contributed by atoms with van der Waals surface area (Å²) in [5.74, 6) is -1.62. The molecule has 4 rings (SSSR count). The average Bonchev–Trinajstić information content (AvgIpc) is 2.91. The summed E-state index contributed by atoms with van der Waals surface area (Å²) in [7, 11) is -3.88. The molecule has 0 saturated heterocycles. The molecule has 1 atom stereocenters. The van der Waals surface area contributed by atoms with Crippen LogP contribution in [0.2, 0.25) is 5.02 Å². The lowest BCUT2D eigenvalue weighted by Gasteiger charge is -2.31. The van der Waals surface area contributed by atoms with Gasteiger partial charge < -0.3 is 14.4 Å². The Morgan fingerprint density at radius 2 is 1.52 bits per heavy atom. The lowest BCUT2D eigenvalue weighted by atomic mass is 10.2. The smallest absolute Gasteiger partial charge is 0.357 e. The van der Waals surface area contributed by atoms with Gasteiger partial charge in [0.25, 0.3) is 5.56 Å². The highest BCUT2D eigenvalue weighted by atomic mass is 35.5. The minimum absolute atomic E-state index is 0.0586. The Morgan fingerprint density at radius 3 is 2.12 bits per heavy atom. The van der Waals surface area contributed by atoms with Gasteiger partial charge in [-0.25, -0.2) is 4.39 Å². The number of nitrogens with zero attached hydrogens (tertiary/aromatic N) is 2. The van der Waals surface area contributed by atoms with Crippen molar-refractivity contribution in [3.05, 3.63) is 112 Å². The normalized spacial score (nSPS) is 12.6. The van der Waals surface area contributed by atoms with Crippen molar-refractivity contribution >= 4 is 36.6 Å². The number of halogens is 2. The summed E-state index contributed by atoms with van der Waals surface area (Å²) in [5, 5.41) is 7.50. The van der Waals surface area contributed by atoms with Crippen LogP contribution in [0.5, 0.6) is 0 Å². The maximum Gasteiger partial charge on any atom is 0.357 e. The molecule has 7 nitrogen and oxygen atoms in total. The van der Waals surface area contributed by atoms with Gasteiger partial charge in [0.05, 0.1) is 29.0 Å². The van der Waals surface area contributed by atoms with Crippen LogP contribution in [0.15, 0.2) is 99.6 Å². The van der Waals surface area contributed by atoms with Gasteiger partial charge in [0.2, 0.25) is 0 Å². The third-order valence-electron chi connectivity index (χ3n) is 5.50. The topological polar surface area (TPSA) is 82.4 Å². The number of aromatic nitrogens is 2. The Balaban J connectivity index is 1.60. The van der Waals surface area contributed by atoms with Crippen LogP contribution in [0.4, 0.5) is 10.1 Å². The molecule has 0 aliphatic carbocycles. The monoisotopic (exact) mass is 601 g/mol. The van der Waals surface area contributed by atoms with Crippen molar-refractivity contribution in [1.29, 1.82) is 0 Å². The number of anilines is 1. The summed E-state index contributed by atoms with van der Waals surface area (Å²) in [6, 6.07) is 22.3. The van der Waals surface area contributed by atoms with Crippen LogP contribution in [0.3, 0.4) is 0 Å². The molecule has 40 heavy (non-hydrogen) atoms. The van der Waals surface area contributed by atoms with Gasteiger partial charge >= 0.3 is 7.60 Å². The van der Waals surface area contributed by atoms with E-state index in [1.165, 1.54) is 22.5 Å². The van der Waals surface area contributed by atoms with Crippen LogP contribution in [0.1, 0.15) is 39.0 Å². The van der Waals surface area contributed by atoms with Gasteiger partial charge in [0, 0.05) is 16.1 Å². The molecule has 0 spiro atoms. The van der Waals surface area contributed by atoms with E-state index in [9.17, 15) is 13.8 Å². The molecule has 11 heteroatoms. The highest BCUT2D eigenvalue weighted by Gasteiger charge is 2.40. The zero-order valence-corrected chi connectivity index (χ0v) is 24.9. The number of nitrogens with one attached hydrogen (secondary N) is 1. The fourth-order valence-electron chi connectivity index (χ4n) is 3.90. The highest BCUT2D eigenvalue weighted by molar-refractivity contribution is 7.99. The summed E-state index contributed by atoms with van der Waals surface area (Å²) in [6.07, 6.45) is 0.704. The van der Waals surface area contributed by atoms with E-state index in [-0.39, 0.29) is 10.6 Å². The van der Waals surface area contributed by atoms with Crippen LogP contribution < -0.4 is 10.9 Å². The van der Waals surface area contributed by atoms with E-state index in [4.69, 9.17) is 20.6 Å². The summed E-state index contributed by atoms with van der Waals surface area (Å²) >= 11 is 7.69. The fraction of sp³-hybridized carbons (Fsp3) is 0.241. The summed E-state index contributed by atoms with van der Waals surface area (Å²) in [5.41, 5.74) is 0.935. The molecule has 4 aromatic rings. The molecule has 0 radical (unpaired) electrons. The van der Waals surface area contributed by atoms with Crippen molar-refractivity contribution in [2.75, 3.05) is 5.32 Å². The van der Waals surface area contributed by atoms with E-state index < -0.39 is 37.0 Å². The molecule has 1 aromatic heterocycles. The van der Waals surface area contributed by atoms with E-state index >= 15 is 0 Å². The van der Waals surface area contributed by atoms with Gasteiger partial charge in [0.1, 0.15) is 10.8 Å². The number of rotatable bonds is 11. The van der Waals surface area contributed by atoms with Gasteiger partial charge in [-0.15, -0.1) is 0 Å². The average molecular weight is 602 g/mol. The Hall–Kier alpha value is -2.94. The Kier molecular flexibility index (Phi) is 9.87. The summed E-state index contributed by atoms with van der Waals surface area (Å²) in [6.45, 7) is 7.00. The molecule has 3 aromatic carbocycles. The molecule has 1 heterocycles. The third kappa shape index (κ3) is 7.22. The van der Waals surface area contributed by atoms with E-state index in [2.05, 4.69) is 10.4 Å². The number of benzene rings is 3. The molecule has 0 saturated carbocycles. The number of hydrogen-bond donors (Lipinski definition) is 1. The molecule has 1 unspecified atom stereocenters. The Morgan fingerprint density at radius 1 is 0.925 bits per heavy atom. The second kappa shape index (κ2) is 13.1. The van der Waals surface area contributed by atoms with Gasteiger partial charge in [-0.05, 0) is 70.2 Å². The minimum atomic E-state index is -3.88.